The van der Waals surface area contributed by atoms with Gasteiger partial charge >= 0.3 is 0 Å². The van der Waals surface area contributed by atoms with Gasteiger partial charge in [0.05, 0.1) is 7.11 Å². The molecule has 1 aliphatic carbocycles. The molecule has 0 bridgehead atoms. The minimum absolute atomic E-state index is 0.282. The lowest BCUT2D eigenvalue weighted by molar-refractivity contribution is 0.418. The molecule has 1 saturated carbocycles. The molecule has 3 heteroatoms. The van der Waals surface area contributed by atoms with E-state index in [1.54, 1.807) is 7.11 Å². The van der Waals surface area contributed by atoms with Crippen molar-refractivity contribution in [3.05, 3.63) is 0 Å². The van der Waals surface area contributed by atoms with E-state index in [2.05, 4.69) is 31.0 Å². The van der Waals surface area contributed by atoms with Crippen molar-refractivity contribution in [3.8, 4) is 0 Å². The average molecular weight is 224 g/mol. The Bertz CT molecular complexity index is 258. The summed E-state index contributed by atoms with van der Waals surface area (Å²) in [7, 11) is 1.60. The predicted octanol–water partition coefficient (Wildman–Crippen LogP) is 3.64. The molecule has 92 valence electrons. The normalized spacial score (nSPS) is 19.6. The van der Waals surface area contributed by atoms with Crippen LogP contribution in [0.3, 0.4) is 0 Å². The molecule has 0 heterocycles. The molecule has 0 aromatic carbocycles. The maximum Gasteiger partial charge on any atom is 0.194 e. The molecule has 0 aromatic heterocycles. The third-order valence-electron chi connectivity index (χ3n) is 2.88. The van der Waals surface area contributed by atoms with Crippen LogP contribution >= 0.6 is 0 Å². The van der Waals surface area contributed by atoms with Crippen molar-refractivity contribution in [1.29, 1.82) is 0 Å². The summed E-state index contributed by atoms with van der Waals surface area (Å²) in [5.74, 6) is 0.647. The van der Waals surface area contributed by atoms with E-state index < -0.39 is 0 Å². The summed E-state index contributed by atoms with van der Waals surface area (Å²) in [4.78, 5) is 0. The SMILES string of the molecule is CO/C=N\N=C(/CC(C)(C)C)C1CCCC1. The summed E-state index contributed by atoms with van der Waals surface area (Å²) in [6, 6.07) is 0. The molecule has 0 aromatic rings. The molecule has 0 aliphatic heterocycles. The van der Waals surface area contributed by atoms with E-state index in [1.165, 1.54) is 37.8 Å². The second kappa shape index (κ2) is 6.02. The number of ether oxygens (including phenoxy) is 1. The third kappa shape index (κ3) is 4.77. The third-order valence-corrected chi connectivity index (χ3v) is 2.88. The van der Waals surface area contributed by atoms with Crippen LogP contribution in [-0.2, 0) is 4.74 Å². The van der Waals surface area contributed by atoms with Crippen LogP contribution in [0.15, 0.2) is 10.2 Å². The molecule has 0 spiro atoms. The second-order valence-corrected chi connectivity index (χ2v) is 5.77. The topological polar surface area (TPSA) is 34.0 Å². The molecule has 1 fully saturated rings. The molecular weight excluding hydrogens is 200 g/mol. The van der Waals surface area contributed by atoms with E-state index in [0.29, 0.717) is 5.92 Å². The van der Waals surface area contributed by atoms with Gasteiger partial charge in [-0.05, 0) is 30.6 Å². The highest BCUT2D eigenvalue weighted by atomic mass is 16.5. The Morgan fingerprint density at radius 2 is 1.94 bits per heavy atom. The Kier molecular flexibility index (Phi) is 4.97. The fourth-order valence-corrected chi connectivity index (χ4v) is 2.21. The van der Waals surface area contributed by atoms with Gasteiger partial charge in [0, 0.05) is 5.71 Å². The van der Waals surface area contributed by atoms with Crippen LogP contribution in [0.1, 0.15) is 52.9 Å². The molecule has 0 N–H and O–H groups in total. The first-order valence-corrected chi connectivity index (χ1v) is 6.14. The van der Waals surface area contributed by atoms with Crippen molar-refractivity contribution < 1.29 is 4.74 Å². The van der Waals surface area contributed by atoms with Crippen LogP contribution in [0.25, 0.3) is 0 Å². The van der Waals surface area contributed by atoms with E-state index in [9.17, 15) is 0 Å². The monoisotopic (exact) mass is 224 g/mol. The van der Waals surface area contributed by atoms with Crippen LogP contribution in [0.5, 0.6) is 0 Å². The summed E-state index contributed by atoms with van der Waals surface area (Å²) in [6.45, 7) is 6.74. The Labute approximate surface area is 99.0 Å². The first-order valence-electron chi connectivity index (χ1n) is 6.14. The van der Waals surface area contributed by atoms with E-state index in [-0.39, 0.29) is 5.41 Å². The van der Waals surface area contributed by atoms with Gasteiger partial charge in [-0.2, -0.15) is 5.10 Å². The summed E-state index contributed by atoms with van der Waals surface area (Å²) in [5.41, 5.74) is 1.53. The van der Waals surface area contributed by atoms with Crippen LogP contribution in [-0.4, -0.2) is 19.2 Å². The smallest absolute Gasteiger partial charge is 0.194 e. The van der Waals surface area contributed by atoms with Crippen LogP contribution in [0.2, 0.25) is 0 Å². The molecule has 3 nitrogen and oxygen atoms in total. The first kappa shape index (κ1) is 13.2. The lowest BCUT2D eigenvalue weighted by Gasteiger charge is -2.22. The molecule has 1 rings (SSSR count). The molecule has 0 unspecified atom stereocenters. The molecule has 0 amide bonds. The highest BCUT2D eigenvalue weighted by molar-refractivity contribution is 5.87. The van der Waals surface area contributed by atoms with Gasteiger partial charge in [-0.15, -0.1) is 5.10 Å². The van der Waals surface area contributed by atoms with E-state index in [0.717, 1.165) is 6.42 Å². The van der Waals surface area contributed by atoms with Crippen molar-refractivity contribution in [2.75, 3.05) is 7.11 Å². The zero-order valence-corrected chi connectivity index (χ0v) is 11.0. The van der Waals surface area contributed by atoms with Crippen molar-refractivity contribution in [1.82, 2.24) is 0 Å². The van der Waals surface area contributed by atoms with E-state index in [1.807, 2.05) is 0 Å². The molecule has 0 radical (unpaired) electrons. The Morgan fingerprint density at radius 3 is 2.44 bits per heavy atom. The van der Waals surface area contributed by atoms with Crippen molar-refractivity contribution >= 4 is 12.1 Å². The molecule has 0 atom stereocenters. The minimum atomic E-state index is 0.282. The summed E-state index contributed by atoms with van der Waals surface area (Å²) < 4.78 is 4.79. The van der Waals surface area contributed by atoms with Gasteiger partial charge in [0.1, 0.15) is 0 Å². The van der Waals surface area contributed by atoms with Gasteiger partial charge in [-0.3, -0.25) is 0 Å². The highest BCUT2D eigenvalue weighted by Crippen LogP contribution is 2.31. The average Bonchev–Trinajstić information content (AvgIpc) is 2.67. The number of nitrogens with zero attached hydrogens (tertiary/aromatic N) is 2. The Morgan fingerprint density at radius 1 is 1.31 bits per heavy atom. The number of hydrogen-bond acceptors (Lipinski definition) is 3. The maximum atomic E-state index is 4.79. The lowest BCUT2D eigenvalue weighted by atomic mass is 9.84. The lowest BCUT2D eigenvalue weighted by Crippen LogP contribution is -2.19. The predicted molar refractivity (Wildman–Crippen MR) is 69.0 cm³/mol. The zero-order chi connectivity index (χ0) is 12.0. The van der Waals surface area contributed by atoms with Crippen LogP contribution in [0.4, 0.5) is 0 Å². The van der Waals surface area contributed by atoms with E-state index >= 15 is 0 Å². The number of hydrogen-bond donors (Lipinski definition) is 0. The van der Waals surface area contributed by atoms with Crippen molar-refractivity contribution in [2.45, 2.75) is 52.9 Å². The van der Waals surface area contributed by atoms with Gasteiger partial charge < -0.3 is 4.74 Å². The number of rotatable bonds is 4. The van der Waals surface area contributed by atoms with Gasteiger partial charge in [-0.25, -0.2) is 0 Å². The molecule has 0 saturated heterocycles. The van der Waals surface area contributed by atoms with Gasteiger partial charge in [0.2, 0.25) is 0 Å². The standard InChI is InChI=1S/C13H24N2O/c1-13(2,3)9-12(15-14-10-16-4)11-7-5-6-8-11/h10-11H,5-9H2,1-4H3/b14-10-,15-12+. The molecular formula is C13H24N2O. The van der Waals surface area contributed by atoms with Crippen molar-refractivity contribution in [2.24, 2.45) is 21.5 Å². The second-order valence-electron chi connectivity index (χ2n) is 5.77. The van der Waals surface area contributed by atoms with Crippen LogP contribution in [0, 0.1) is 11.3 Å². The fraction of sp³-hybridized carbons (Fsp3) is 0.846. The Balaban J connectivity index is 2.67. The zero-order valence-electron chi connectivity index (χ0n) is 11.0. The van der Waals surface area contributed by atoms with Gasteiger partial charge in [0.15, 0.2) is 6.40 Å². The first-order chi connectivity index (χ1) is 7.53. The highest BCUT2D eigenvalue weighted by Gasteiger charge is 2.24. The largest absolute Gasteiger partial charge is 0.485 e. The van der Waals surface area contributed by atoms with Gasteiger partial charge in [-0.1, -0.05) is 33.6 Å². The van der Waals surface area contributed by atoms with Crippen LogP contribution < -0.4 is 0 Å². The fourth-order valence-electron chi connectivity index (χ4n) is 2.21. The summed E-state index contributed by atoms with van der Waals surface area (Å²) in [5, 5.41) is 8.30. The van der Waals surface area contributed by atoms with Gasteiger partial charge in [0.25, 0.3) is 0 Å². The summed E-state index contributed by atoms with van der Waals surface area (Å²) >= 11 is 0. The molecule has 16 heavy (non-hydrogen) atoms. The van der Waals surface area contributed by atoms with Crippen molar-refractivity contribution in [3.63, 3.8) is 0 Å². The van der Waals surface area contributed by atoms with E-state index in [4.69, 9.17) is 4.74 Å². The maximum absolute atomic E-state index is 4.79. The molecule has 1 aliphatic rings. The minimum Gasteiger partial charge on any atom is -0.485 e. The summed E-state index contributed by atoms with van der Waals surface area (Å²) in [6.07, 6.45) is 7.65. The quantitative estimate of drug-likeness (QED) is 0.408. The Hall–Kier alpha value is -0.860. The number of methoxy groups -OCH3 is 1.